The first-order valence-electron chi connectivity index (χ1n) is 10.5. The van der Waals surface area contributed by atoms with Crippen molar-refractivity contribution < 1.29 is 22.4 Å². The van der Waals surface area contributed by atoms with Crippen LogP contribution in [0.3, 0.4) is 0 Å². The van der Waals surface area contributed by atoms with Crippen molar-refractivity contribution in [1.29, 1.82) is 0 Å². The third kappa shape index (κ3) is 4.02. The van der Waals surface area contributed by atoms with Crippen molar-refractivity contribution in [2.24, 2.45) is 5.92 Å². The summed E-state index contributed by atoms with van der Waals surface area (Å²) >= 11 is 0. The van der Waals surface area contributed by atoms with E-state index in [1.807, 2.05) is 31.2 Å². The van der Waals surface area contributed by atoms with Crippen molar-refractivity contribution >= 4 is 33.2 Å². The second kappa shape index (κ2) is 7.80. The SMILES string of the molecule is Cc1ccc(N2CC(C(=O)Nc3c4c(nn3-c3ccc(F)cc3)CS(=O)(=O)C4)CC2=O)cc1. The average Bonchev–Trinajstić information content (AvgIpc) is 3.40. The van der Waals surface area contributed by atoms with E-state index in [2.05, 4.69) is 10.4 Å². The zero-order chi connectivity index (χ0) is 23.3. The Bertz CT molecular complexity index is 1360. The topological polar surface area (TPSA) is 101 Å². The Balaban J connectivity index is 1.43. The van der Waals surface area contributed by atoms with Crippen LogP contribution in [0.1, 0.15) is 23.2 Å². The third-order valence-corrected chi connectivity index (χ3v) is 7.38. The van der Waals surface area contributed by atoms with Gasteiger partial charge in [0.05, 0.1) is 28.8 Å². The monoisotopic (exact) mass is 468 g/mol. The first-order valence-corrected chi connectivity index (χ1v) is 12.3. The lowest BCUT2D eigenvalue weighted by Gasteiger charge is -2.17. The summed E-state index contributed by atoms with van der Waals surface area (Å²) in [5.74, 6) is -1.80. The highest BCUT2D eigenvalue weighted by Gasteiger charge is 2.38. The zero-order valence-corrected chi connectivity index (χ0v) is 18.6. The molecule has 1 unspecified atom stereocenters. The summed E-state index contributed by atoms with van der Waals surface area (Å²) in [6, 6.07) is 13.0. The fourth-order valence-corrected chi connectivity index (χ4v) is 5.71. The molecule has 0 bridgehead atoms. The molecule has 1 N–H and O–H groups in total. The number of sulfone groups is 1. The normalized spacial score (nSPS) is 19.0. The second-order valence-corrected chi connectivity index (χ2v) is 10.5. The molecule has 2 aromatic carbocycles. The Morgan fingerprint density at radius 1 is 1.06 bits per heavy atom. The number of halogens is 1. The van der Waals surface area contributed by atoms with Gasteiger partial charge < -0.3 is 10.2 Å². The van der Waals surface area contributed by atoms with Crippen molar-refractivity contribution in [3.63, 3.8) is 0 Å². The van der Waals surface area contributed by atoms with Gasteiger partial charge in [-0.2, -0.15) is 5.10 Å². The van der Waals surface area contributed by atoms with Gasteiger partial charge in [0.1, 0.15) is 11.6 Å². The highest BCUT2D eigenvalue weighted by molar-refractivity contribution is 7.90. The molecule has 0 spiro atoms. The molecular weight excluding hydrogens is 447 g/mol. The lowest BCUT2D eigenvalue weighted by atomic mass is 10.1. The number of anilines is 2. The molecule has 2 amide bonds. The number of hydrogen-bond donors (Lipinski definition) is 1. The van der Waals surface area contributed by atoms with Gasteiger partial charge in [0.2, 0.25) is 11.8 Å². The molecule has 1 aromatic heterocycles. The van der Waals surface area contributed by atoms with Crippen LogP contribution in [0.25, 0.3) is 5.69 Å². The summed E-state index contributed by atoms with van der Waals surface area (Å²) in [6.45, 7) is 2.17. The summed E-state index contributed by atoms with van der Waals surface area (Å²) < 4.78 is 39.1. The molecule has 5 rings (SSSR count). The molecule has 3 aromatic rings. The van der Waals surface area contributed by atoms with E-state index < -0.39 is 27.5 Å². The van der Waals surface area contributed by atoms with Crippen LogP contribution >= 0.6 is 0 Å². The van der Waals surface area contributed by atoms with Crippen LogP contribution in [0.4, 0.5) is 15.9 Å². The van der Waals surface area contributed by atoms with E-state index >= 15 is 0 Å². The summed E-state index contributed by atoms with van der Waals surface area (Å²) in [6.07, 6.45) is 0.0465. The van der Waals surface area contributed by atoms with E-state index in [0.717, 1.165) is 11.3 Å². The van der Waals surface area contributed by atoms with Crippen LogP contribution in [0.2, 0.25) is 0 Å². The predicted octanol–water partition coefficient (Wildman–Crippen LogP) is 2.74. The number of amides is 2. The molecule has 2 aliphatic rings. The molecule has 1 saturated heterocycles. The standard InChI is InChI=1S/C23H21FN4O4S/c1-14-2-6-17(7-3-14)27-11-15(10-21(27)29)23(30)25-22-19-12-33(31,32)13-20(19)26-28(22)18-8-4-16(24)5-9-18/h2-9,15H,10-13H2,1H3,(H,25,30). The lowest BCUT2D eigenvalue weighted by molar-refractivity contribution is -0.122. The van der Waals surface area contributed by atoms with E-state index in [-0.39, 0.29) is 36.2 Å². The highest BCUT2D eigenvalue weighted by Crippen LogP contribution is 2.34. The van der Waals surface area contributed by atoms with Gasteiger partial charge in [-0.15, -0.1) is 0 Å². The summed E-state index contributed by atoms with van der Waals surface area (Å²) in [4.78, 5) is 27.3. The Labute approximate surface area is 189 Å². The summed E-state index contributed by atoms with van der Waals surface area (Å²) in [7, 11) is -3.35. The average molecular weight is 469 g/mol. The maximum Gasteiger partial charge on any atom is 0.230 e. The first kappa shape index (κ1) is 21.3. The van der Waals surface area contributed by atoms with Crippen molar-refractivity contribution in [3.8, 4) is 5.69 Å². The van der Waals surface area contributed by atoms with Crippen LogP contribution in [0, 0.1) is 18.7 Å². The number of nitrogens with zero attached hydrogens (tertiary/aromatic N) is 3. The van der Waals surface area contributed by atoms with Crippen molar-refractivity contribution in [1.82, 2.24) is 9.78 Å². The van der Waals surface area contributed by atoms with Crippen LogP contribution < -0.4 is 10.2 Å². The van der Waals surface area contributed by atoms with Gasteiger partial charge in [-0.1, -0.05) is 17.7 Å². The van der Waals surface area contributed by atoms with Gasteiger partial charge in [0.25, 0.3) is 0 Å². The minimum atomic E-state index is -3.35. The maximum atomic E-state index is 13.4. The van der Waals surface area contributed by atoms with Gasteiger partial charge in [0.15, 0.2) is 9.84 Å². The van der Waals surface area contributed by atoms with Crippen molar-refractivity contribution in [2.45, 2.75) is 24.9 Å². The van der Waals surface area contributed by atoms with Gasteiger partial charge >= 0.3 is 0 Å². The molecule has 170 valence electrons. The Morgan fingerprint density at radius 3 is 2.42 bits per heavy atom. The molecule has 0 saturated carbocycles. The number of aromatic nitrogens is 2. The van der Waals surface area contributed by atoms with Crippen LogP contribution in [0.5, 0.6) is 0 Å². The first-order chi connectivity index (χ1) is 15.7. The number of carbonyl (C=O) groups excluding carboxylic acids is 2. The van der Waals surface area contributed by atoms with E-state index in [1.165, 1.54) is 28.9 Å². The molecule has 3 heterocycles. The quantitative estimate of drug-likeness (QED) is 0.635. The molecule has 8 nitrogen and oxygen atoms in total. The Morgan fingerprint density at radius 2 is 1.73 bits per heavy atom. The third-order valence-electron chi connectivity index (χ3n) is 5.94. The van der Waals surface area contributed by atoms with E-state index in [9.17, 15) is 22.4 Å². The molecule has 33 heavy (non-hydrogen) atoms. The van der Waals surface area contributed by atoms with Gasteiger partial charge in [0, 0.05) is 24.2 Å². The number of aryl methyl sites for hydroxylation is 1. The van der Waals surface area contributed by atoms with E-state index in [4.69, 9.17) is 0 Å². The molecular formula is C23H21FN4O4S. The largest absolute Gasteiger partial charge is 0.312 e. The van der Waals surface area contributed by atoms with Gasteiger partial charge in [-0.25, -0.2) is 17.5 Å². The fourth-order valence-electron chi connectivity index (χ4n) is 4.22. The maximum absolute atomic E-state index is 13.4. The van der Waals surface area contributed by atoms with E-state index in [0.29, 0.717) is 16.9 Å². The molecule has 1 atom stereocenters. The number of fused-ring (bicyclic) bond motifs is 1. The molecule has 0 radical (unpaired) electrons. The van der Waals surface area contributed by atoms with Crippen molar-refractivity contribution in [2.75, 3.05) is 16.8 Å². The molecule has 2 aliphatic heterocycles. The number of nitrogens with one attached hydrogen (secondary N) is 1. The number of benzene rings is 2. The fraction of sp³-hybridized carbons (Fsp3) is 0.261. The van der Waals surface area contributed by atoms with Gasteiger partial charge in [-0.05, 0) is 43.3 Å². The smallest absolute Gasteiger partial charge is 0.230 e. The predicted molar refractivity (Wildman–Crippen MR) is 120 cm³/mol. The second-order valence-electron chi connectivity index (χ2n) is 8.42. The molecule has 0 aliphatic carbocycles. The Kier molecular flexibility index (Phi) is 5.04. The van der Waals surface area contributed by atoms with Crippen molar-refractivity contribution in [3.05, 3.63) is 71.2 Å². The number of rotatable bonds is 4. The number of hydrogen-bond acceptors (Lipinski definition) is 5. The minimum absolute atomic E-state index is 0.0465. The minimum Gasteiger partial charge on any atom is -0.312 e. The van der Waals surface area contributed by atoms with E-state index in [1.54, 1.807) is 4.90 Å². The highest BCUT2D eigenvalue weighted by atomic mass is 32.2. The zero-order valence-electron chi connectivity index (χ0n) is 17.8. The molecule has 1 fully saturated rings. The lowest BCUT2D eigenvalue weighted by Crippen LogP contribution is -2.29. The van der Waals surface area contributed by atoms with Crippen LogP contribution in [0.15, 0.2) is 48.5 Å². The van der Waals surface area contributed by atoms with Crippen LogP contribution in [-0.4, -0.2) is 36.6 Å². The van der Waals surface area contributed by atoms with Crippen LogP contribution in [-0.2, 0) is 30.9 Å². The molecule has 10 heteroatoms. The number of carbonyl (C=O) groups is 2. The summed E-state index contributed by atoms with van der Waals surface area (Å²) in [5.41, 5.74) is 3.06. The summed E-state index contributed by atoms with van der Waals surface area (Å²) in [5, 5.41) is 7.18. The van der Waals surface area contributed by atoms with Gasteiger partial charge in [-0.3, -0.25) is 9.59 Å². The Hall–Kier alpha value is -3.53.